The summed E-state index contributed by atoms with van der Waals surface area (Å²) in [6.45, 7) is 4.71. The molecule has 26 heavy (non-hydrogen) atoms. The Morgan fingerprint density at radius 3 is 2.42 bits per heavy atom. The highest BCUT2D eigenvalue weighted by Crippen LogP contribution is 2.65. The van der Waals surface area contributed by atoms with Crippen LogP contribution in [0.2, 0.25) is 0 Å². The molecule has 1 aliphatic heterocycles. The summed E-state index contributed by atoms with van der Waals surface area (Å²) in [5.41, 5.74) is 2.02. The van der Waals surface area contributed by atoms with Crippen molar-refractivity contribution in [2.24, 2.45) is 11.3 Å². The largest absolute Gasteiger partial charge is 0.497 e. The minimum Gasteiger partial charge on any atom is -0.497 e. The molecule has 1 aromatic rings. The van der Waals surface area contributed by atoms with E-state index in [9.17, 15) is 9.59 Å². The molecular formula is C21H28N2O3. The van der Waals surface area contributed by atoms with Gasteiger partial charge in [0.05, 0.1) is 7.11 Å². The summed E-state index contributed by atoms with van der Waals surface area (Å²) in [5, 5.41) is 0. The number of benzene rings is 1. The first-order valence-electron chi connectivity index (χ1n) is 9.77. The van der Waals surface area contributed by atoms with Crippen LogP contribution in [0.15, 0.2) is 18.2 Å². The highest BCUT2D eigenvalue weighted by molar-refractivity contribution is 5.96. The molecule has 5 heteroatoms. The summed E-state index contributed by atoms with van der Waals surface area (Å²) in [6.07, 6.45) is 5.70. The quantitative estimate of drug-likeness (QED) is 0.837. The second-order valence-electron chi connectivity index (χ2n) is 8.12. The van der Waals surface area contributed by atoms with Crippen LogP contribution in [0.3, 0.4) is 0 Å². The van der Waals surface area contributed by atoms with Crippen molar-refractivity contribution in [1.29, 1.82) is 0 Å². The van der Waals surface area contributed by atoms with E-state index in [4.69, 9.17) is 4.74 Å². The zero-order chi connectivity index (χ0) is 18.3. The smallest absolute Gasteiger partial charge is 0.254 e. The molecule has 1 saturated heterocycles. The molecule has 5 nitrogen and oxygen atoms in total. The maximum absolute atomic E-state index is 12.9. The molecule has 1 atom stereocenters. The van der Waals surface area contributed by atoms with E-state index in [2.05, 4.69) is 0 Å². The van der Waals surface area contributed by atoms with Crippen LogP contribution in [0.5, 0.6) is 5.75 Å². The van der Waals surface area contributed by atoms with E-state index in [0.717, 1.165) is 36.3 Å². The summed E-state index contributed by atoms with van der Waals surface area (Å²) in [4.78, 5) is 29.6. The van der Waals surface area contributed by atoms with Gasteiger partial charge in [-0.2, -0.15) is 0 Å². The lowest BCUT2D eigenvalue weighted by Gasteiger charge is -2.28. The number of carbonyl (C=O) groups is 2. The van der Waals surface area contributed by atoms with Gasteiger partial charge in [0.25, 0.3) is 5.91 Å². The zero-order valence-corrected chi connectivity index (χ0v) is 15.8. The molecular weight excluding hydrogens is 328 g/mol. The van der Waals surface area contributed by atoms with Crippen molar-refractivity contribution in [3.63, 3.8) is 0 Å². The van der Waals surface area contributed by atoms with Gasteiger partial charge in [-0.15, -0.1) is 0 Å². The van der Waals surface area contributed by atoms with Crippen LogP contribution in [-0.2, 0) is 4.79 Å². The predicted molar refractivity (Wildman–Crippen MR) is 99.2 cm³/mol. The van der Waals surface area contributed by atoms with Crippen LogP contribution < -0.4 is 4.74 Å². The van der Waals surface area contributed by atoms with Crippen LogP contribution in [0.4, 0.5) is 0 Å². The number of hydrogen-bond donors (Lipinski definition) is 0. The molecule has 0 N–H and O–H groups in total. The Morgan fingerprint density at radius 1 is 1.08 bits per heavy atom. The van der Waals surface area contributed by atoms with Gasteiger partial charge in [0, 0.05) is 37.7 Å². The molecule has 1 unspecified atom stereocenters. The number of nitrogens with zero attached hydrogens (tertiary/aromatic N) is 2. The fourth-order valence-electron chi connectivity index (χ4n) is 4.62. The molecule has 1 aromatic carbocycles. The summed E-state index contributed by atoms with van der Waals surface area (Å²) in [6, 6.07) is 5.57. The van der Waals surface area contributed by atoms with Crippen LogP contribution in [0.1, 0.15) is 48.0 Å². The fraction of sp³-hybridized carbons (Fsp3) is 0.619. The highest BCUT2D eigenvalue weighted by Gasteiger charge is 2.61. The van der Waals surface area contributed by atoms with Crippen molar-refractivity contribution in [2.75, 3.05) is 33.3 Å². The van der Waals surface area contributed by atoms with Gasteiger partial charge in [-0.05, 0) is 61.8 Å². The van der Waals surface area contributed by atoms with E-state index < -0.39 is 0 Å². The molecule has 3 aliphatic rings. The Bertz CT molecular complexity index is 726. The minimum absolute atomic E-state index is 0.0568. The van der Waals surface area contributed by atoms with Crippen molar-refractivity contribution in [3.05, 3.63) is 29.3 Å². The number of hydrogen-bond acceptors (Lipinski definition) is 3. The molecule has 0 radical (unpaired) electrons. The van der Waals surface area contributed by atoms with Gasteiger partial charge in [-0.25, -0.2) is 0 Å². The van der Waals surface area contributed by atoms with Gasteiger partial charge in [0.15, 0.2) is 0 Å². The van der Waals surface area contributed by atoms with Crippen molar-refractivity contribution >= 4 is 11.8 Å². The number of aryl methyl sites for hydroxylation is 1. The Labute approximate surface area is 155 Å². The average molecular weight is 356 g/mol. The van der Waals surface area contributed by atoms with Crippen LogP contribution in [0, 0.1) is 18.3 Å². The number of carbonyl (C=O) groups excluding carboxylic acids is 2. The molecule has 0 bridgehead atoms. The molecule has 2 aliphatic carbocycles. The normalized spacial score (nSPS) is 24.0. The van der Waals surface area contributed by atoms with Gasteiger partial charge in [0.2, 0.25) is 5.91 Å². The Kier molecular flexibility index (Phi) is 4.41. The first-order chi connectivity index (χ1) is 12.5. The van der Waals surface area contributed by atoms with Crippen LogP contribution >= 0.6 is 0 Å². The van der Waals surface area contributed by atoms with E-state index in [1.165, 1.54) is 19.3 Å². The lowest BCUT2D eigenvalue weighted by atomic mass is 9.79. The van der Waals surface area contributed by atoms with Gasteiger partial charge in [-0.3, -0.25) is 9.59 Å². The first-order valence-corrected chi connectivity index (χ1v) is 9.77. The van der Waals surface area contributed by atoms with Gasteiger partial charge in [-0.1, -0.05) is 6.42 Å². The van der Waals surface area contributed by atoms with Gasteiger partial charge < -0.3 is 14.5 Å². The standard InChI is InChI=1S/C21H28N2O3/c1-15-13-16(26-2)5-6-17(15)19(24)22-9-4-10-23(12-11-22)20(25)18-14-21(18)7-3-8-21/h5-6,13,18H,3-4,7-12,14H2,1-2H3. The predicted octanol–water partition coefficient (Wildman–Crippen LogP) is 2.87. The monoisotopic (exact) mass is 356 g/mol. The minimum atomic E-state index is 0.0568. The average Bonchev–Trinajstić information content (AvgIpc) is 3.40. The molecule has 4 rings (SSSR count). The molecule has 1 heterocycles. The lowest BCUT2D eigenvalue weighted by molar-refractivity contribution is -0.133. The van der Waals surface area contributed by atoms with Crippen molar-refractivity contribution in [2.45, 2.75) is 39.0 Å². The second kappa shape index (κ2) is 6.60. The van der Waals surface area contributed by atoms with Crippen LogP contribution in [-0.4, -0.2) is 54.9 Å². The van der Waals surface area contributed by atoms with Gasteiger partial charge in [0.1, 0.15) is 5.75 Å². The maximum atomic E-state index is 12.9. The maximum Gasteiger partial charge on any atom is 0.254 e. The van der Waals surface area contributed by atoms with E-state index >= 15 is 0 Å². The van der Waals surface area contributed by atoms with Gasteiger partial charge >= 0.3 is 0 Å². The topological polar surface area (TPSA) is 49.9 Å². The number of amides is 2. The highest BCUT2D eigenvalue weighted by atomic mass is 16.5. The SMILES string of the molecule is COc1ccc(C(=O)N2CCCN(C(=O)C3CC34CCC4)CC2)c(C)c1. The fourth-order valence-corrected chi connectivity index (χ4v) is 4.62. The Balaban J connectivity index is 1.39. The zero-order valence-electron chi connectivity index (χ0n) is 15.8. The molecule has 3 fully saturated rings. The number of ether oxygens (including phenoxy) is 1. The first kappa shape index (κ1) is 17.4. The third kappa shape index (κ3) is 2.97. The Morgan fingerprint density at radius 2 is 1.81 bits per heavy atom. The van der Waals surface area contributed by atoms with Crippen molar-refractivity contribution in [1.82, 2.24) is 9.80 Å². The van der Waals surface area contributed by atoms with E-state index in [1.54, 1.807) is 7.11 Å². The molecule has 1 spiro atoms. The summed E-state index contributed by atoms with van der Waals surface area (Å²) in [5.74, 6) is 1.42. The summed E-state index contributed by atoms with van der Waals surface area (Å²) in [7, 11) is 1.63. The lowest BCUT2D eigenvalue weighted by Crippen LogP contribution is -2.39. The van der Waals surface area contributed by atoms with E-state index in [0.29, 0.717) is 31.0 Å². The van der Waals surface area contributed by atoms with E-state index in [-0.39, 0.29) is 11.8 Å². The Hall–Kier alpha value is -2.04. The molecule has 2 amide bonds. The summed E-state index contributed by atoms with van der Waals surface area (Å²) >= 11 is 0. The van der Waals surface area contributed by atoms with E-state index in [1.807, 2.05) is 34.9 Å². The number of rotatable bonds is 3. The van der Waals surface area contributed by atoms with Crippen molar-refractivity contribution < 1.29 is 14.3 Å². The number of methoxy groups -OCH3 is 1. The van der Waals surface area contributed by atoms with Crippen LogP contribution in [0.25, 0.3) is 0 Å². The second-order valence-corrected chi connectivity index (χ2v) is 8.12. The molecule has 2 saturated carbocycles. The third-order valence-corrected chi connectivity index (χ3v) is 6.60. The molecule has 0 aromatic heterocycles. The van der Waals surface area contributed by atoms with Crippen molar-refractivity contribution in [3.8, 4) is 5.75 Å². The third-order valence-electron chi connectivity index (χ3n) is 6.60. The summed E-state index contributed by atoms with van der Waals surface area (Å²) < 4.78 is 5.23. The molecule has 140 valence electrons.